The van der Waals surface area contributed by atoms with E-state index in [-0.39, 0.29) is 18.0 Å². The van der Waals surface area contributed by atoms with Crippen molar-refractivity contribution in [2.45, 2.75) is 38.8 Å². The van der Waals surface area contributed by atoms with Crippen molar-refractivity contribution in [1.82, 2.24) is 4.90 Å². The first-order valence-electron chi connectivity index (χ1n) is 8.03. The first-order chi connectivity index (χ1) is 10.7. The van der Waals surface area contributed by atoms with E-state index in [1.807, 2.05) is 25.7 Å². The number of nitrogens with one attached hydrogen (secondary N) is 1. The highest BCUT2D eigenvalue weighted by Crippen LogP contribution is 2.49. The first-order valence-corrected chi connectivity index (χ1v) is 8.03. The number of carbonyl (C=O) groups excluding carboxylic acids is 1. The average Bonchev–Trinajstić information content (AvgIpc) is 3.09. The Morgan fingerprint density at radius 2 is 2.22 bits per heavy atom. The van der Waals surface area contributed by atoms with Crippen LogP contribution in [-0.4, -0.2) is 35.7 Å². The fourth-order valence-electron chi connectivity index (χ4n) is 3.27. The molecule has 1 amide bonds. The van der Waals surface area contributed by atoms with Crippen LogP contribution in [0.3, 0.4) is 0 Å². The molecule has 3 atom stereocenters. The van der Waals surface area contributed by atoms with Gasteiger partial charge in [-0.2, -0.15) is 0 Å². The molecule has 6 heteroatoms. The lowest BCUT2D eigenvalue weighted by atomic mass is 10.1. The molecule has 0 unspecified atom stereocenters. The number of rotatable bonds is 3. The molecular formula is C17H24FN3O2. The zero-order valence-electron chi connectivity index (χ0n) is 13.8. The highest BCUT2D eigenvalue weighted by atomic mass is 19.1. The molecular weight excluding hydrogens is 297 g/mol. The predicted molar refractivity (Wildman–Crippen MR) is 87.6 cm³/mol. The van der Waals surface area contributed by atoms with Crippen molar-refractivity contribution in [3.05, 3.63) is 24.0 Å². The van der Waals surface area contributed by atoms with Crippen LogP contribution in [0, 0.1) is 17.7 Å². The number of halogens is 1. The fraction of sp³-hybridized carbons (Fsp3) is 0.588. The van der Waals surface area contributed by atoms with E-state index in [0.29, 0.717) is 29.8 Å². The summed E-state index contributed by atoms with van der Waals surface area (Å²) in [5.74, 6) is 0.753. The van der Waals surface area contributed by atoms with E-state index in [4.69, 9.17) is 10.5 Å². The minimum Gasteiger partial charge on any atom is -0.444 e. The van der Waals surface area contributed by atoms with E-state index in [0.717, 1.165) is 13.0 Å². The zero-order valence-corrected chi connectivity index (χ0v) is 13.8. The van der Waals surface area contributed by atoms with E-state index in [2.05, 4.69) is 5.32 Å². The smallest absolute Gasteiger partial charge is 0.410 e. The number of ether oxygens (including phenoxy) is 1. The number of nitrogens with zero attached hydrogens (tertiary/aromatic N) is 1. The molecule has 1 heterocycles. The summed E-state index contributed by atoms with van der Waals surface area (Å²) in [5.41, 5.74) is 6.39. The van der Waals surface area contributed by atoms with Gasteiger partial charge in [0.15, 0.2) is 0 Å². The van der Waals surface area contributed by atoms with Crippen molar-refractivity contribution in [2.24, 2.45) is 11.8 Å². The van der Waals surface area contributed by atoms with Crippen molar-refractivity contribution in [2.75, 3.05) is 24.1 Å². The molecule has 1 aromatic carbocycles. The molecule has 1 saturated carbocycles. The van der Waals surface area contributed by atoms with Crippen LogP contribution in [-0.2, 0) is 4.74 Å². The number of fused-ring (bicyclic) bond motifs is 1. The van der Waals surface area contributed by atoms with Gasteiger partial charge >= 0.3 is 6.09 Å². The Kier molecular flexibility index (Phi) is 3.86. The molecule has 1 aliphatic carbocycles. The van der Waals surface area contributed by atoms with E-state index in [9.17, 15) is 9.18 Å². The molecule has 1 saturated heterocycles. The van der Waals surface area contributed by atoms with Gasteiger partial charge < -0.3 is 20.7 Å². The van der Waals surface area contributed by atoms with Gasteiger partial charge in [0.1, 0.15) is 11.4 Å². The second-order valence-electron chi connectivity index (χ2n) is 7.47. The summed E-state index contributed by atoms with van der Waals surface area (Å²) in [4.78, 5) is 14.2. The molecule has 3 rings (SSSR count). The van der Waals surface area contributed by atoms with Crippen LogP contribution in [0.5, 0.6) is 0 Å². The van der Waals surface area contributed by atoms with Gasteiger partial charge in [0, 0.05) is 13.1 Å². The molecule has 1 aliphatic heterocycles. The summed E-state index contributed by atoms with van der Waals surface area (Å²) in [6, 6.07) is 4.39. The second-order valence-corrected chi connectivity index (χ2v) is 7.47. The predicted octanol–water partition coefficient (Wildman–Crippen LogP) is 3.08. The van der Waals surface area contributed by atoms with Crippen molar-refractivity contribution in [3.8, 4) is 0 Å². The number of likely N-dealkylation sites (tertiary alicyclic amines) is 1. The maximum absolute atomic E-state index is 13.1. The lowest BCUT2D eigenvalue weighted by Crippen LogP contribution is -2.44. The van der Waals surface area contributed by atoms with Crippen molar-refractivity contribution in [3.63, 3.8) is 0 Å². The van der Waals surface area contributed by atoms with Gasteiger partial charge in [0.2, 0.25) is 0 Å². The molecule has 126 valence electrons. The molecule has 2 fully saturated rings. The summed E-state index contributed by atoms with van der Waals surface area (Å²) >= 11 is 0. The summed E-state index contributed by atoms with van der Waals surface area (Å²) in [7, 11) is 0. The van der Waals surface area contributed by atoms with Crippen molar-refractivity contribution >= 4 is 17.5 Å². The summed E-state index contributed by atoms with van der Waals surface area (Å²) < 4.78 is 18.6. The molecule has 0 spiro atoms. The minimum atomic E-state index is -0.497. The van der Waals surface area contributed by atoms with Crippen LogP contribution in [0.4, 0.5) is 20.6 Å². The highest BCUT2D eigenvalue weighted by Gasteiger charge is 2.54. The monoisotopic (exact) mass is 321 g/mol. The third-order valence-corrected chi connectivity index (χ3v) is 4.45. The number of amides is 1. The van der Waals surface area contributed by atoms with E-state index in [1.165, 1.54) is 12.1 Å². The Morgan fingerprint density at radius 1 is 1.48 bits per heavy atom. The standard InChI is InChI=1S/C17H24FN3O2/c1-17(2,3)23-16(22)21-9-10-6-12(10)15(21)8-20-14-5-4-11(18)7-13(14)19/h4-5,7,10,12,15,20H,6,8-9,19H2,1-3H3/t10-,12-,15+/m0/s1. The Morgan fingerprint density at radius 3 is 2.87 bits per heavy atom. The van der Waals surface area contributed by atoms with Crippen LogP contribution in [0.1, 0.15) is 27.2 Å². The molecule has 0 radical (unpaired) electrons. The Labute approximate surface area is 136 Å². The van der Waals surface area contributed by atoms with Gasteiger partial charge in [-0.1, -0.05) is 0 Å². The largest absolute Gasteiger partial charge is 0.444 e. The number of nitrogens with two attached hydrogens (primary N) is 1. The third kappa shape index (κ3) is 3.51. The van der Waals surface area contributed by atoms with Crippen LogP contribution >= 0.6 is 0 Å². The lowest BCUT2D eigenvalue weighted by Gasteiger charge is -2.30. The van der Waals surface area contributed by atoms with E-state index in [1.54, 1.807) is 6.07 Å². The van der Waals surface area contributed by atoms with Crippen LogP contribution < -0.4 is 11.1 Å². The second kappa shape index (κ2) is 5.58. The van der Waals surface area contributed by atoms with Gasteiger partial charge in [-0.25, -0.2) is 9.18 Å². The summed E-state index contributed by atoms with van der Waals surface area (Å²) in [5, 5.41) is 3.25. The van der Waals surface area contributed by atoms with Crippen LogP contribution in [0.25, 0.3) is 0 Å². The SMILES string of the molecule is CC(C)(C)OC(=O)N1C[C@@H]2C[C@@H]2[C@H]1CNc1ccc(F)cc1N. The number of hydrogen-bond donors (Lipinski definition) is 2. The molecule has 1 aromatic rings. The first kappa shape index (κ1) is 15.9. The van der Waals surface area contributed by atoms with E-state index >= 15 is 0 Å². The maximum atomic E-state index is 13.1. The number of piperidine rings is 1. The molecule has 5 nitrogen and oxygen atoms in total. The van der Waals surface area contributed by atoms with E-state index < -0.39 is 5.60 Å². The summed E-state index contributed by atoms with van der Waals surface area (Å²) in [6.45, 7) is 6.96. The van der Waals surface area contributed by atoms with Crippen molar-refractivity contribution < 1.29 is 13.9 Å². The minimum absolute atomic E-state index is 0.0966. The molecule has 0 aromatic heterocycles. The van der Waals surface area contributed by atoms with Crippen LogP contribution in [0.15, 0.2) is 18.2 Å². The molecule has 2 aliphatic rings. The number of anilines is 2. The number of carbonyl (C=O) groups is 1. The molecule has 3 N–H and O–H groups in total. The maximum Gasteiger partial charge on any atom is 0.410 e. The quantitative estimate of drug-likeness (QED) is 0.840. The van der Waals surface area contributed by atoms with Gasteiger partial charge in [-0.15, -0.1) is 0 Å². The number of hydrogen-bond acceptors (Lipinski definition) is 4. The van der Waals surface area contributed by atoms with Crippen molar-refractivity contribution in [1.29, 1.82) is 0 Å². The lowest BCUT2D eigenvalue weighted by molar-refractivity contribution is 0.0203. The summed E-state index contributed by atoms with van der Waals surface area (Å²) in [6.07, 6.45) is 0.897. The topological polar surface area (TPSA) is 67.6 Å². The highest BCUT2D eigenvalue weighted by molar-refractivity contribution is 5.70. The van der Waals surface area contributed by atoms with Crippen LogP contribution in [0.2, 0.25) is 0 Å². The average molecular weight is 321 g/mol. The Hall–Kier alpha value is -1.98. The Bertz CT molecular complexity index is 614. The van der Waals surface area contributed by atoms with Gasteiger partial charge in [-0.3, -0.25) is 0 Å². The molecule has 23 heavy (non-hydrogen) atoms. The number of nitrogen functional groups attached to an aromatic ring is 1. The number of benzene rings is 1. The molecule has 0 bridgehead atoms. The van der Waals surface area contributed by atoms with Gasteiger partial charge in [-0.05, 0) is 57.2 Å². The Balaban J connectivity index is 1.64. The zero-order chi connectivity index (χ0) is 16.8. The van der Waals surface area contributed by atoms with Gasteiger partial charge in [0.05, 0.1) is 17.4 Å². The third-order valence-electron chi connectivity index (χ3n) is 4.45. The fourth-order valence-corrected chi connectivity index (χ4v) is 3.27. The van der Waals surface area contributed by atoms with Gasteiger partial charge in [0.25, 0.3) is 0 Å². The normalized spacial score (nSPS) is 25.9.